The molecule has 0 spiro atoms. The third-order valence-corrected chi connectivity index (χ3v) is 6.57. The van der Waals surface area contributed by atoms with Crippen LogP contribution in [-0.2, 0) is 15.6 Å². The summed E-state index contributed by atoms with van der Waals surface area (Å²) in [5.41, 5.74) is 2.49. The van der Waals surface area contributed by atoms with Crippen LogP contribution in [0.4, 0.5) is 14.5 Å². The van der Waals surface area contributed by atoms with Gasteiger partial charge >= 0.3 is 6.10 Å². The number of nitrogens with one attached hydrogen (secondary N) is 1. The SMILES string of the molecule is COc1ccc(C(=O)Nc2cc(F)c(F)c([C@]3(C)CS(=O)(=O)N(C(O)(O)O)C(N)=N3)c2)nc1. The van der Waals surface area contributed by atoms with Gasteiger partial charge < -0.3 is 31.1 Å². The molecule has 178 valence electrons. The normalized spacial score (nSPS) is 20.2. The van der Waals surface area contributed by atoms with Crippen molar-refractivity contribution in [2.75, 3.05) is 18.2 Å². The molecule has 12 nitrogen and oxygen atoms in total. The molecule has 1 amide bonds. The fourth-order valence-corrected chi connectivity index (χ4v) is 5.01. The minimum absolute atomic E-state index is 0.0726. The highest BCUT2D eigenvalue weighted by atomic mass is 32.2. The van der Waals surface area contributed by atoms with E-state index in [1.54, 1.807) is 0 Å². The average molecular weight is 487 g/mol. The van der Waals surface area contributed by atoms with E-state index in [9.17, 15) is 37.3 Å². The van der Waals surface area contributed by atoms with Crippen LogP contribution in [0, 0.1) is 11.6 Å². The third-order valence-electron chi connectivity index (χ3n) is 4.65. The fraction of sp³-hybridized carbons (Fsp3) is 0.278. The molecule has 0 fully saturated rings. The Balaban J connectivity index is 2.02. The molecule has 0 unspecified atom stereocenters. The summed E-state index contributed by atoms with van der Waals surface area (Å²) in [5.74, 6) is -5.51. The van der Waals surface area contributed by atoms with Crippen LogP contribution in [0.25, 0.3) is 0 Å². The van der Waals surface area contributed by atoms with E-state index >= 15 is 0 Å². The molecule has 1 aromatic heterocycles. The van der Waals surface area contributed by atoms with Crippen LogP contribution in [0.2, 0.25) is 0 Å². The molecule has 15 heteroatoms. The topological polar surface area (TPSA) is 188 Å². The van der Waals surface area contributed by atoms with Gasteiger partial charge in [-0.2, -0.15) is 4.31 Å². The number of guanidine groups is 1. The molecule has 0 saturated carbocycles. The van der Waals surface area contributed by atoms with Gasteiger partial charge in [-0.1, -0.05) is 0 Å². The fourth-order valence-electron chi connectivity index (χ4n) is 3.25. The van der Waals surface area contributed by atoms with Gasteiger partial charge in [0.25, 0.3) is 5.91 Å². The predicted octanol–water partition coefficient (Wildman–Crippen LogP) is -0.616. The molecule has 0 radical (unpaired) electrons. The number of ether oxygens (including phenoxy) is 1. The molecule has 1 aliphatic rings. The third kappa shape index (κ3) is 4.70. The van der Waals surface area contributed by atoms with Gasteiger partial charge in [-0.3, -0.25) is 4.79 Å². The first-order valence-corrected chi connectivity index (χ1v) is 10.7. The van der Waals surface area contributed by atoms with Gasteiger partial charge in [0.15, 0.2) is 11.6 Å². The lowest BCUT2D eigenvalue weighted by Crippen LogP contribution is -2.62. The molecule has 2 heterocycles. The number of halogens is 2. The van der Waals surface area contributed by atoms with Crippen LogP contribution < -0.4 is 15.8 Å². The van der Waals surface area contributed by atoms with E-state index in [4.69, 9.17) is 10.5 Å². The summed E-state index contributed by atoms with van der Waals surface area (Å²) in [5, 5.41) is 30.1. The molecule has 33 heavy (non-hydrogen) atoms. The van der Waals surface area contributed by atoms with Crippen molar-refractivity contribution >= 4 is 27.6 Å². The van der Waals surface area contributed by atoms with Crippen molar-refractivity contribution in [1.29, 1.82) is 0 Å². The highest BCUT2D eigenvalue weighted by Crippen LogP contribution is 2.37. The number of aromatic nitrogens is 1. The summed E-state index contributed by atoms with van der Waals surface area (Å²) >= 11 is 0. The van der Waals surface area contributed by atoms with Gasteiger partial charge in [0.2, 0.25) is 16.0 Å². The van der Waals surface area contributed by atoms with Crippen molar-refractivity contribution < 1.29 is 42.0 Å². The molecular formula is C18H19F2N5O7S. The Morgan fingerprint density at radius 2 is 1.97 bits per heavy atom. The first-order chi connectivity index (χ1) is 15.2. The maximum Gasteiger partial charge on any atom is 0.385 e. The first kappa shape index (κ1) is 24.2. The number of hydrogen-bond acceptors (Lipinski definition) is 10. The number of aliphatic hydroxyl groups is 3. The second-order valence-corrected chi connectivity index (χ2v) is 9.04. The molecule has 0 saturated heterocycles. The number of amides is 1. The second kappa shape index (κ2) is 8.18. The Morgan fingerprint density at radius 1 is 1.30 bits per heavy atom. The van der Waals surface area contributed by atoms with Crippen molar-refractivity contribution in [2.24, 2.45) is 10.7 Å². The minimum Gasteiger partial charge on any atom is -0.495 e. The Labute approximate surface area is 186 Å². The molecule has 1 aliphatic heterocycles. The maximum atomic E-state index is 14.7. The lowest BCUT2D eigenvalue weighted by Gasteiger charge is -2.38. The van der Waals surface area contributed by atoms with Crippen LogP contribution in [-0.4, -0.2) is 63.9 Å². The van der Waals surface area contributed by atoms with Crippen molar-refractivity contribution in [2.45, 2.75) is 18.6 Å². The number of sulfonamides is 1. The highest BCUT2D eigenvalue weighted by Gasteiger charge is 2.50. The molecule has 3 rings (SSSR count). The number of aliphatic imine (C=N–C) groups is 1. The number of benzene rings is 1. The van der Waals surface area contributed by atoms with Gasteiger partial charge in [0.05, 0.1) is 19.1 Å². The quantitative estimate of drug-likeness (QED) is 0.343. The van der Waals surface area contributed by atoms with E-state index in [0.29, 0.717) is 11.8 Å². The first-order valence-electron chi connectivity index (χ1n) is 9.04. The largest absolute Gasteiger partial charge is 0.495 e. The minimum atomic E-state index is -4.77. The van der Waals surface area contributed by atoms with E-state index in [0.717, 1.165) is 13.0 Å². The van der Waals surface area contributed by atoms with Crippen molar-refractivity contribution in [3.63, 3.8) is 0 Å². The summed E-state index contributed by atoms with van der Waals surface area (Å²) in [6.45, 7) is 1.09. The van der Waals surface area contributed by atoms with Crippen LogP contribution in [0.15, 0.2) is 35.5 Å². The van der Waals surface area contributed by atoms with E-state index in [1.807, 2.05) is 0 Å². The Kier molecular flexibility index (Phi) is 6.01. The van der Waals surface area contributed by atoms with Gasteiger partial charge in [-0.15, -0.1) is 0 Å². The van der Waals surface area contributed by atoms with E-state index in [-0.39, 0.29) is 15.7 Å². The summed E-state index contributed by atoms with van der Waals surface area (Å²) in [7, 11) is -3.37. The van der Waals surface area contributed by atoms with Gasteiger partial charge in [0.1, 0.15) is 17.0 Å². The zero-order valence-electron chi connectivity index (χ0n) is 17.2. The van der Waals surface area contributed by atoms with Crippen molar-refractivity contribution in [3.05, 3.63) is 53.4 Å². The zero-order chi connectivity index (χ0) is 24.8. The molecule has 1 atom stereocenters. The number of pyridine rings is 1. The van der Waals surface area contributed by atoms with Crippen LogP contribution in [0.3, 0.4) is 0 Å². The van der Waals surface area contributed by atoms with Crippen molar-refractivity contribution in [3.8, 4) is 5.75 Å². The smallest absolute Gasteiger partial charge is 0.385 e. The number of carbonyl (C=O) groups excluding carboxylic acids is 1. The molecule has 6 N–H and O–H groups in total. The molecule has 0 bridgehead atoms. The van der Waals surface area contributed by atoms with Crippen LogP contribution >= 0.6 is 0 Å². The Morgan fingerprint density at radius 3 is 2.48 bits per heavy atom. The van der Waals surface area contributed by atoms with Crippen LogP contribution in [0.1, 0.15) is 23.0 Å². The molecule has 0 aliphatic carbocycles. The number of carbonyl (C=O) groups is 1. The zero-order valence-corrected chi connectivity index (χ0v) is 18.0. The predicted molar refractivity (Wildman–Crippen MR) is 109 cm³/mol. The number of anilines is 1. The number of nitrogens with zero attached hydrogens (tertiary/aromatic N) is 3. The Bertz CT molecular complexity index is 1230. The van der Waals surface area contributed by atoms with Gasteiger partial charge in [0, 0.05) is 17.3 Å². The highest BCUT2D eigenvalue weighted by molar-refractivity contribution is 7.89. The number of methoxy groups -OCH3 is 1. The summed E-state index contributed by atoms with van der Waals surface area (Å²) in [4.78, 5) is 20.0. The molecular weight excluding hydrogens is 468 g/mol. The molecule has 1 aromatic carbocycles. The lowest BCUT2D eigenvalue weighted by atomic mass is 9.93. The average Bonchev–Trinajstić information content (AvgIpc) is 2.67. The number of hydrogen-bond donors (Lipinski definition) is 5. The van der Waals surface area contributed by atoms with Gasteiger partial charge in [-0.25, -0.2) is 27.2 Å². The van der Waals surface area contributed by atoms with Crippen molar-refractivity contribution in [1.82, 2.24) is 9.29 Å². The summed E-state index contributed by atoms with van der Waals surface area (Å²) < 4.78 is 58.6. The summed E-state index contributed by atoms with van der Waals surface area (Å²) in [6.07, 6.45) is -2.63. The molecule has 2 aromatic rings. The van der Waals surface area contributed by atoms with E-state index in [2.05, 4.69) is 15.3 Å². The van der Waals surface area contributed by atoms with E-state index in [1.165, 1.54) is 25.4 Å². The number of rotatable bonds is 5. The monoisotopic (exact) mass is 487 g/mol. The standard InChI is InChI=1S/C18H19F2N5O7S/c1-17(8-33(30,31)25(16(21)24-17)18(27,28)29)11-5-9(6-12(19)14(11)20)23-15(26)13-4-3-10(32-2)7-22-13/h3-7,27-29H,8H2,1-2H3,(H2,21,24)(H,23,26)/t17-/m0/s1. The lowest BCUT2D eigenvalue weighted by molar-refractivity contribution is -0.355. The van der Waals surface area contributed by atoms with Crippen LogP contribution in [0.5, 0.6) is 5.75 Å². The van der Waals surface area contributed by atoms with Gasteiger partial charge in [-0.05, 0) is 25.1 Å². The Hall–Kier alpha value is -3.40. The maximum absolute atomic E-state index is 14.7. The second-order valence-electron chi connectivity index (χ2n) is 7.22. The van der Waals surface area contributed by atoms with E-state index < -0.39 is 56.5 Å². The number of nitrogens with two attached hydrogens (primary N) is 1. The summed E-state index contributed by atoms with van der Waals surface area (Å²) in [6, 6.07) is 4.40.